The first-order valence-electron chi connectivity index (χ1n) is 4.80. The van der Waals surface area contributed by atoms with Crippen molar-refractivity contribution >= 4 is 29.3 Å². The predicted octanol–water partition coefficient (Wildman–Crippen LogP) is 2.70. The van der Waals surface area contributed by atoms with Crippen LogP contribution in [0, 0.1) is 5.82 Å². The second-order valence-corrected chi connectivity index (χ2v) is 5.47. The van der Waals surface area contributed by atoms with Gasteiger partial charge >= 0.3 is 5.97 Å². The summed E-state index contributed by atoms with van der Waals surface area (Å²) in [6, 6.07) is 0. The van der Waals surface area contributed by atoms with Gasteiger partial charge < -0.3 is 4.74 Å². The van der Waals surface area contributed by atoms with Crippen LogP contribution < -0.4 is 0 Å². The van der Waals surface area contributed by atoms with E-state index >= 15 is 0 Å². The topological polar surface area (TPSA) is 52.1 Å². The minimum absolute atomic E-state index is 0.0263. The zero-order valence-corrected chi connectivity index (χ0v) is 11.2. The molecule has 0 saturated heterocycles. The molecule has 0 aliphatic carbocycles. The average molecular weight is 279 g/mol. The number of thioether (sulfide) groups is 1. The Morgan fingerprint density at radius 1 is 1.59 bits per heavy atom. The van der Waals surface area contributed by atoms with E-state index in [9.17, 15) is 9.18 Å². The summed E-state index contributed by atoms with van der Waals surface area (Å²) in [7, 11) is 0. The number of aromatic nitrogens is 2. The van der Waals surface area contributed by atoms with Crippen molar-refractivity contribution in [1.82, 2.24) is 9.97 Å². The Morgan fingerprint density at radius 3 is 2.82 bits per heavy atom. The Balaban J connectivity index is 2.56. The van der Waals surface area contributed by atoms with Gasteiger partial charge in [-0.25, -0.2) is 14.4 Å². The minimum atomic E-state index is -0.608. The maximum Gasteiger partial charge on any atom is 0.316 e. The summed E-state index contributed by atoms with van der Waals surface area (Å²) in [6.07, 6.45) is 0.965. The second kappa shape index (κ2) is 5.64. The fourth-order valence-electron chi connectivity index (χ4n) is 0.931. The molecule has 1 rings (SSSR count). The van der Waals surface area contributed by atoms with Crippen LogP contribution in [0.15, 0.2) is 11.2 Å². The molecule has 1 aromatic heterocycles. The van der Waals surface area contributed by atoms with Gasteiger partial charge in [-0.1, -0.05) is 11.8 Å². The standard InChI is InChI=1S/C10H12ClFN2O2S/c1-10(2,3)16-7(15)5-17-8-6(12)4-13-9(11)14-8/h4H,5H2,1-3H3. The summed E-state index contributed by atoms with van der Waals surface area (Å²) in [5.41, 5.74) is -0.556. The number of rotatable bonds is 3. The number of hydrogen-bond donors (Lipinski definition) is 0. The monoisotopic (exact) mass is 278 g/mol. The lowest BCUT2D eigenvalue weighted by molar-refractivity contribution is -0.151. The average Bonchev–Trinajstić information content (AvgIpc) is 2.17. The van der Waals surface area contributed by atoms with Crippen LogP contribution in [0.25, 0.3) is 0 Å². The Kier molecular flexibility index (Phi) is 4.70. The largest absolute Gasteiger partial charge is 0.459 e. The van der Waals surface area contributed by atoms with Gasteiger partial charge in [-0.3, -0.25) is 4.79 Å². The zero-order valence-electron chi connectivity index (χ0n) is 9.66. The molecule has 0 aliphatic rings. The van der Waals surface area contributed by atoms with E-state index in [0.717, 1.165) is 18.0 Å². The highest BCUT2D eigenvalue weighted by atomic mass is 35.5. The summed E-state index contributed by atoms with van der Waals surface area (Å²) >= 11 is 6.45. The van der Waals surface area contributed by atoms with Crippen molar-refractivity contribution in [3.8, 4) is 0 Å². The van der Waals surface area contributed by atoms with Gasteiger partial charge in [-0.2, -0.15) is 0 Å². The van der Waals surface area contributed by atoms with E-state index in [4.69, 9.17) is 16.3 Å². The van der Waals surface area contributed by atoms with E-state index < -0.39 is 17.4 Å². The Bertz CT molecular complexity index is 423. The van der Waals surface area contributed by atoms with Gasteiger partial charge in [0.05, 0.1) is 11.9 Å². The van der Waals surface area contributed by atoms with Crippen molar-refractivity contribution in [3.05, 3.63) is 17.3 Å². The van der Waals surface area contributed by atoms with E-state index in [0.29, 0.717) is 0 Å². The zero-order chi connectivity index (χ0) is 13.1. The molecule has 0 aromatic carbocycles. The van der Waals surface area contributed by atoms with Crippen LogP contribution in [0.1, 0.15) is 20.8 Å². The smallest absolute Gasteiger partial charge is 0.316 e. The highest BCUT2D eigenvalue weighted by molar-refractivity contribution is 7.99. The maximum atomic E-state index is 13.2. The summed E-state index contributed by atoms with van der Waals surface area (Å²) in [5, 5.41) is -0.0195. The highest BCUT2D eigenvalue weighted by Crippen LogP contribution is 2.21. The van der Waals surface area contributed by atoms with Crippen LogP contribution in [0.2, 0.25) is 5.28 Å². The van der Waals surface area contributed by atoms with Crippen LogP contribution in [0.4, 0.5) is 4.39 Å². The lowest BCUT2D eigenvalue weighted by Crippen LogP contribution is -2.25. The van der Waals surface area contributed by atoms with Crippen molar-refractivity contribution < 1.29 is 13.9 Å². The molecule has 0 unspecified atom stereocenters. The molecule has 0 amide bonds. The molecule has 0 bridgehead atoms. The molecule has 17 heavy (non-hydrogen) atoms. The minimum Gasteiger partial charge on any atom is -0.459 e. The fourth-order valence-corrected chi connectivity index (χ4v) is 1.77. The first-order chi connectivity index (χ1) is 7.78. The molecule has 0 fully saturated rings. The summed E-state index contributed by atoms with van der Waals surface area (Å²) < 4.78 is 18.3. The van der Waals surface area contributed by atoms with E-state index in [2.05, 4.69) is 9.97 Å². The number of nitrogens with zero attached hydrogens (tertiary/aromatic N) is 2. The van der Waals surface area contributed by atoms with Crippen molar-refractivity contribution in [2.24, 2.45) is 0 Å². The number of esters is 1. The molecule has 7 heteroatoms. The molecule has 0 saturated carbocycles. The number of ether oxygens (including phenoxy) is 1. The van der Waals surface area contributed by atoms with Gasteiger partial charge in [0.1, 0.15) is 10.6 Å². The lowest BCUT2D eigenvalue weighted by atomic mass is 10.2. The van der Waals surface area contributed by atoms with Crippen molar-refractivity contribution in [2.45, 2.75) is 31.4 Å². The molecule has 0 radical (unpaired) electrons. The number of halogens is 2. The number of carbonyl (C=O) groups is 1. The van der Waals surface area contributed by atoms with E-state index in [1.165, 1.54) is 0 Å². The van der Waals surface area contributed by atoms with Gasteiger partial charge in [0.2, 0.25) is 5.28 Å². The quantitative estimate of drug-likeness (QED) is 0.368. The Hall–Kier alpha value is -0.880. The molecule has 0 N–H and O–H groups in total. The first kappa shape index (κ1) is 14.2. The fraction of sp³-hybridized carbons (Fsp3) is 0.500. The van der Waals surface area contributed by atoms with Gasteiger partial charge in [0.25, 0.3) is 0 Å². The summed E-state index contributed by atoms with van der Waals surface area (Å²) in [5.74, 6) is -1.07. The van der Waals surface area contributed by atoms with Crippen LogP contribution in [0.3, 0.4) is 0 Å². The van der Waals surface area contributed by atoms with Crippen LogP contribution in [-0.2, 0) is 9.53 Å². The van der Waals surface area contributed by atoms with E-state index in [1.807, 2.05) is 0 Å². The van der Waals surface area contributed by atoms with Crippen LogP contribution >= 0.6 is 23.4 Å². The van der Waals surface area contributed by atoms with Gasteiger partial charge in [-0.05, 0) is 32.4 Å². The lowest BCUT2D eigenvalue weighted by Gasteiger charge is -2.19. The molecule has 0 aliphatic heterocycles. The normalized spacial score (nSPS) is 11.4. The summed E-state index contributed by atoms with van der Waals surface area (Å²) in [6.45, 7) is 5.28. The van der Waals surface area contributed by atoms with Crippen molar-refractivity contribution in [3.63, 3.8) is 0 Å². The number of hydrogen-bond acceptors (Lipinski definition) is 5. The second-order valence-electron chi connectivity index (χ2n) is 4.17. The third-order valence-electron chi connectivity index (χ3n) is 1.43. The third-order valence-corrected chi connectivity index (χ3v) is 2.55. The van der Waals surface area contributed by atoms with Crippen LogP contribution in [-0.4, -0.2) is 27.3 Å². The van der Waals surface area contributed by atoms with E-state index in [-0.39, 0.29) is 16.1 Å². The van der Waals surface area contributed by atoms with Crippen LogP contribution in [0.5, 0.6) is 0 Å². The van der Waals surface area contributed by atoms with Crippen molar-refractivity contribution in [2.75, 3.05) is 5.75 Å². The third kappa shape index (κ3) is 5.32. The predicted molar refractivity (Wildman–Crippen MR) is 63.6 cm³/mol. The van der Waals surface area contributed by atoms with Crippen molar-refractivity contribution in [1.29, 1.82) is 0 Å². The molecule has 1 aromatic rings. The van der Waals surface area contributed by atoms with Gasteiger partial charge in [0, 0.05) is 0 Å². The van der Waals surface area contributed by atoms with E-state index in [1.54, 1.807) is 20.8 Å². The molecular formula is C10H12ClFN2O2S. The molecule has 0 atom stereocenters. The molecule has 0 spiro atoms. The maximum absolute atomic E-state index is 13.2. The Morgan fingerprint density at radius 2 is 2.24 bits per heavy atom. The molecule has 94 valence electrons. The molecule has 4 nitrogen and oxygen atoms in total. The van der Waals surface area contributed by atoms with Gasteiger partial charge in [-0.15, -0.1) is 0 Å². The number of carbonyl (C=O) groups excluding carboxylic acids is 1. The summed E-state index contributed by atoms with van der Waals surface area (Å²) in [4.78, 5) is 18.5. The Labute approximate surface area is 108 Å². The highest BCUT2D eigenvalue weighted by Gasteiger charge is 2.17. The molecule has 1 heterocycles. The molecular weight excluding hydrogens is 267 g/mol. The van der Waals surface area contributed by atoms with Gasteiger partial charge in [0.15, 0.2) is 5.82 Å². The first-order valence-corrected chi connectivity index (χ1v) is 6.17. The SMILES string of the molecule is CC(C)(C)OC(=O)CSc1nc(Cl)ncc1F.